The first-order valence-corrected chi connectivity index (χ1v) is 23.3. The lowest BCUT2D eigenvalue weighted by Crippen LogP contribution is -2.45. The van der Waals surface area contributed by atoms with Gasteiger partial charge < -0.3 is 19.8 Å². The Balaban J connectivity index is 4.45. The Kier molecular flexibility index (Phi) is 36.1. The zero-order valence-electron chi connectivity index (χ0n) is 35.9. The summed E-state index contributed by atoms with van der Waals surface area (Å²) in [4.78, 5) is 23.1. The van der Waals surface area contributed by atoms with Gasteiger partial charge in [0.2, 0.25) is 5.91 Å². The number of quaternary nitrogens is 1. The molecule has 3 N–H and O–H groups in total. The molecular weight excluding hydrogens is 707 g/mol. The van der Waals surface area contributed by atoms with E-state index in [-0.39, 0.29) is 19.1 Å². The molecule has 0 aliphatic heterocycles. The molecule has 0 heterocycles. The molecule has 0 rings (SSSR count). The Bertz CT molecular complexity index is 1120. The maximum Gasteiger partial charge on any atom is 0.472 e. The predicted molar refractivity (Wildman–Crippen MR) is 235 cm³/mol. The standard InChI is InChI=1S/C46H83N2O6P/c1-6-8-10-12-14-16-18-20-21-22-23-24-25-26-27-28-30-32-34-36-38-40-46(50)47-44(43-54-55(51,52)53-42-41-48(3,4)5)45(49)39-37-35-33-31-29-19-17-15-13-11-9-7-2/h8,10,14,16,20-21,23-24,26-27,37,39,44-45,49H,6-7,9,11-13,15,17-19,22,25,28-36,38,40-43H2,1-5H3,(H-,47,50,51,52)/p+1/b10-8-,16-14-,21-20-,24-23-,27-26-,39-37+. The lowest BCUT2D eigenvalue weighted by molar-refractivity contribution is -0.870. The number of nitrogens with zero attached hydrogens (tertiary/aromatic N) is 1. The second-order valence-electron chi connectivity index (χ2n) is 15.7. The van der Waals surface area contributed by atoms with Gasteiger partial charge in [-0.1, -0.05) is 164 Å². The van der Waals surface area contributed by atoms with Gasteiger partial charge in [-0.2, -0.15) is 0 Å². The maximum atomic E-state index is 12.9. The number of likely N-dealkylation sites (N-methyl/N-ethyl adjacent to an activating group) is 1. The van der Waals surface area contributed by atoms with Gasteiger partial charge in [-0.25, -0.2) is 4.57 Å². The topological polar surface area (TPSA) is 105 Å². The zero-order valence-corrected chi connectivity index (χ0v) is 36.8. The van der Waals surface area contributed by atoms with Crippen molar-refractivity contribution in [1.29, 1.82) is 0 Å². The Hall–Kier alpha value is -2.06. The van der Waals surface area contributed by atoms with Crippen LogP contribution in [0.25, 0.3) is 0 Å². The summed E-state index contributed by atoms with van der Waals surface area (Å²) in [6.45, 7) is 4.65. The summed E-state index contributed by atoms with van der Waals surface area (Å²) in [7, 11) is 1.54. The van der Waals surface area contributed by atoms with E-state index in [0.717, 1.165) is 89.9 Å². The largest absolute Gasteiger partial charge is 0.472 e. The molecule has 0 radical (unpaired) electrons. The Labute approximate surface area is 338 Å². The van der Waals surface area contributed by atoms with Crippen molar-refractivity contribution in [3.63, 3.8) is 0 Å². The molecule has 0 aliphatic rings. The first kappa shape index (κ1) is 52.9. The average Bonchev–Trinajstić information content (AvgIpc) is 3.13. The first-order chi connectivity index (χ1) is 26.5. The van der Waals surface area contributed by atoms with E-state index in [1.807, 2.05) is 27.2 Å². The highest BCUT2D eigenvalue weighted by Gasteiger charge is 2.27. The van der Waals surface area contributed by atoms with Gasteiger partial charge in [0.1, 0.15) is 13.2 Å². The number of aliphatic hydroxyl groups excluding tert-OH is 1. The zero-order chi connectivity index (χ0) is 40.7. The van der Waals surface area contributed by atoms with Gasteiger partial charge in [0.15, 0.2) is 0 Å². The summed E-state index contributed by atoms with van der Waals surface area (Å²) in [6.07, 6.45) is 49.6. The molecule has 0 saturated heterocycles. The number of rotatable bonds is 38. The highest BCUT2D eigenvalue weighted by atomic mass is 31.2. The third-order valence-corrected chi connectivity index (χ3v) is 10.2. The van der Waals surface area contributed by atoms with E-state index in [0.29, 0.717) is 17.4 Å². The first-order valence-electron chi connectivity index (χ1n) is 21.8. The highest BCUT2D eigenvalue weighted by molar-refractivity contribution is 7.47. The Morgan fingerprint density at radius 3 is 1.60 bits per heavy atom. The average molecular weight is 792 g/mol. The number of phosphoric acid groups is 1. The van der Waals surface area contributed by atoms with Crippen LogP contribution in [-0.4, -0.2) is 73.4 Å². The van der Waals surface area contributed by atoms with Crippen LogP contribution in [0.4, 0.5) is 0 Å². The van der Waals surface area contributed by atoms with Gasteiger partial charge in [0.25, 0.3) is 0 Å². The van der Waals surface area contributed by atoms with Crippen molar-refractivity contribution < 1.29 is 32.9 Å². The second kappa shape index (κ2) is 37.5. The van der Waals surface area contributed by atoms with E-state index in [1.165, 1.54) is 51.4 Å². The lowest BCUT2D eigenvalue weighted by atomic mass is 10.1. The molecule has 0 aromatic heterocycles. The van der Waals surface area contributed by atoms with Crippen LogP contribution < -0.4 is 5.32 Å². The molecule has 9 heteroatoms. The van der Waals surface area contributed by atoms with Gasteiger partial charge in [-0.15, -0.1) is 0 Å². The van der Waals surface area contributed by atoms with Crippen molar-refractivity contribution in [2.75, 3.05) is 40.9 Å². The van der Waals surface area contributed by atoms with E-state index in [1.54, 1.807) is 6.08 Å². The molecule has 0 fully saturated rings. The van der Waals surface area contributed by atoms with Crippen molar-refractivity contribution in [1.82, 2.24) is 5.32 Å². The number of allylic oxidation sites excluding steroid dienone is 11. The molecule has 8 nitrogen and oxygen atoms in total. The van der Waals surface area contributed by atoms with Gasteiger partial charge in [-0.05, 0) is 64.2 Å². The van der Waals surface area contributed by atoms with Crippen LogP contribution in [0, 0.1) is 0 Å². The van der Waals surface area contributed by atoms with Crippen LogP contribution >= 0.6 is 7.82 Å². The fraction of sp³-hybridized carbons (Fsp3) is 0.717. The summed E-state index contributed by atoms with van der Waals surface area (Å²) in [6, 6.07) is -0.859. The van der Waals surface area contributed by atoms with Crippen LogP contribution in [-0.2, 0) is 18.4 Å². The predicted octanol–water partition coefficient (Wildman–Crippen LogP) is 12.0. The van der Waals surface area contributed by atoms with Crippen molar-refractivity contribution >= 4 is 13.7 Å². The minimum atomic E-state index is -4.34. The van der Waals surface area contributed by atoms with Gasteiger partial charge in [0, 0.05) is 6.42 Å². The smallest absolute Gasteiger partial charge is 0.387 e. The third kappa shape index (κ3) is 40.0. The molecule has 55 heavy (non-hydrogen) atoms. The number of carbonyl (C=O) groups excluding carboxylic acids is 1. The summed E-state index contributed by atoms with van der Waals surface area (Å²) in [5.74, 6) is -0.201. The molecule has 0 spiro atoms. The van der Waals surface area contributed by atoms with E-state index in [4.69, 9.17) is 9.05 Å². The van der Waals surface area contributed by atoms with Crippen molar-refractivity contribution in [3.05, 3.63) is 72.9 Å². The maximum absolute atomic E-state index is 12.9. The quantitative estimate of drug-likeness (QED) is 0.0249. The van der Waals surface area contributed by atoms with Crippen LogP contribution in [0.2, 0.25) is 0 Å². The molecule has 0 aromatic rings. The van der Waals surface area contributed by atoms with E-state index >= 15 is 0 Å². The number of aliphatic hydroxyl groups is 1. The van der Waals surface area contributed by atoms with Crippen LogP contribution in [0.3, 0.4) is 0 Å². The number of carbonyl (C=O) groups is 1. The highest BCUT2D eigenvalue weighted by Crippen LogP contribution is 2.43. The number of hydrogen-bond donors (Lipinski definition) is 3. The summed E-state index contributed by atoms with van der Waals surface area (Å²) < 4.78 is 23.5. The SMILES string of the molecule is CC/C=C\C/C=C\C/C=C\C/C=C\C/C=C\CCCCCCCC(=O)NC(COP(=O)(O)OCC[N+](C)(C)C)C(O)/C=C/CCCCCCCCCCCC. The van der Waals surface area contributed by atoms with E-state index in [2.05, 4.69) is 79.9 Å². The van der Waals surface area contributed by atoms with Crippen molar-refractivity contribution in [2.45, 2.75) is 174 Å². The molecule has 0 aliphatic carbocycles. The summed E-state index contributed by atoms with van der Waals surface area (Å²) >= 11 is 0. The Morgan fingerprint density at radius 2 is 1.09 bits per heavy atom. The molecule has 0 bridgehead atoms. The molecule has 0 saturated carbocycles. The third-order valence-electron chi connectivity index (χ3n) is 9.18. The molecule has 1 amide bonds. The Morgan fingerprint density at radius 1 is 0.636 bits per heavy atom. The van der Waals surface area contributed by atoms with Crippen LogP contribution in [0.15, 0.2) is 72.9 Å². The summed E-state index contributed by atoms with van der Waals surface area (Å²) in [5.41, 5.74) is 0. The fourth-order valence-electron chi connectivity index (χ4n) is 5.71. The monoisotopic (exact) mass is 792 g/mol. The van der Waals surface area contributed by atoms with Crippen LogP contribution in [0.5, 0.6) is 0 Å². The van der Waals surface area contributed by atoms with Gasteiger partial charge >= 0.3 is 7.82 Å². The second-order valence-corrected chi connectivity index (χ2v) is 17.1. The molecular formula is C46H84N2O6P+. The summed E-state index contributed by atoms with van der Waals surface area (Å²) in [5, 5.41) is 13.8. The van der Waals surface area contributed by atoms with E-state index in [9.17, 15) is 19.4 Å². The van der Waals surface area contributed by atoms with Crippen molar-refractivity contribution in [3.8, 4) is 0 Å². The molecule has 3 atom stereocenters. The van der Waals surface area contributed by atoms with Crippen LogP contribution in [0.1, 0.15) is 162 Å². The number of hydrogen-bond acceptors (Lipinski definition) is 5. The number of nitrogens with one attached hydrogen (secondary N) is 1. The number of amides is 1. The molecule has 3 unspecified atom stereocenters. The minimum absolute atomic E-state index is 0.0535. The number of phosphoric ester groups is 1. The number of unbranched alkanes of at least 4 members (excludes halogenated alkanes) is 15. The fourth-order valence-corrected chi connectivity index (χ4v) is 6.45. The minimum Gasteiger partial charge on any atom is -0.387 e. The normalized spacial score (nSPS) is 15.1. The van der Waals surface area contributed by atoms with Gasteiger partial charge in [0.05, 0.1) is 39.9 Å². The molecule has 0 aromatic carbocycles. The van der Waals surface area contributed by atoms with Crippen molar-refractivity contribution in [2.24, 2.45) is 0 Å². The van der Waals surface area contributed by atoms with E-state index < -0.39 is 20.0 Å². The lowest BCUT2D eigenvalue weighted by Gasteiger charge is -2.25. The molecule has 318 valence electrons. The van der Waals surface area contributed by atoms with Gasteiger partial charge in [-0.3, -0.25) is 13.8 Å².